The van der Waals surface area contributed by atoms with Crippen molar-refractivity contribution in [1.82, 2.24) is 9.88 Å². The van der Waals surface area contributed by atoms with Gasteiger partial charge in [0.15, 0.2) is 6.10 Å². The molecule has 3 rings (SSSR count). The molecule has 0 spiro atoms. The van der Waals surface area contributed by atoms with Crippen LogP contribution in [0.25, 0.3) is 0 Å². The van der Waals surface area contributed by atoms with Gasteiger partial charge in [-0.3, -0.25) is 4.79 Å². The Kier molecular flexibility index (Phi) is 5.22. The third-order valence-electron chi connectivity index (χ3n) is 4.70. The van der Waals surface area contributed by atoms with Crippen LogP contribution < -0.4 is 9.64 Å². The highest BCUT2D eigenvalue weighted by atomic mass is 16.5. The average Bonchev–Trinajstić information content (AvgIpc) is 2.65. The second-order valence-corrected chi connectivity index (χ2v) is 6.51. The Balaban J connectivity index is 1.55. The second-order valence-electron chi connectivity index (χ2n) is 6.51. The lowest BCUT2D eigenvalue weighted by Crippen LogP contribution is -2.52. The van der Waals surface area contributed by atoms with E-state index in [4.69, 9.17) is 4.74 Å². The van der Waals surface area contributed by atoms with Crippen LogP contribution in [0.1, 0.15) is 18.1 Å². The molecule has 1 aromatic carbocycles. The molecular weight excluding hydrogens is 314 g/mol. The number of carbonyl (C=O) groups excluding carboxylic acids is 1. The van der Waals surface area contributed by atoms with Gasteiger partial charge in [0, 0.05) is 32.4 Å². The molecule has 1 atom stereocenters. The van der Waals surface area contributed by atoms with Gasteiger partial charge in [-0.05, 0) is 56.2 Å². The summed E-state index contributed by atoms with van der Waals surface area (Å²) >= 11 is 0. The Morgan fingerprint density at radius 1 is 1.08 bits per heavy atom. The number of carbonyl (C=O) groups is 1. The number of nitrogens with zero attached hydrogens (tertiary/aromatic N) is 3. The summed E-state index contributed by atoms with van der Waals surface area (Å²) in [6, 6.07) is 11.8. The van der Waals surface area contributed by atoms with Crippen molar-refractivity contribution in [3.63, 3.8) is 0 Å². The van der Waals surface area contributed by atoms with Gasteiger partial charge >= 0.3 is 0 Å². The summed E-state index contributed by atoms with van der Waals surface area (Å²) in [7, 11) is 0. The van der Waals surface area contributed by atoms with E-state index in [0.717, 1.165) is 24.7 Å². The number of amides is 1. The van der Waals surface area contributed by atoms with Gasteiger partial charge in [0.1, 0.15) is 11.6 Å². The van der Waals surface area contributed by atoms with E-state index in [9.17, 15) is 4.79 Å². The molecule has 0 N–H and O–H groups in total. The molecule has 132 valence electrons. The summed E-state index contributed by atoms with van der Waals surface area (Å²) in [5.41, 5.74) is 2.39. The first-order chi connectivity index (χ1) is 12.0. The van der Waals surface area contributed by atoms with Gasteiger partial charge in [-0.25, -0.2) is 4.98 Å². The van der Waals surface area contributed by atoms with Crippen molar-refractivity contribution in [2.24, 2.45) is 0 Å². The fourth-order valence-electron chi connectivity index (χ4n) is 3.00. The van der Waals surface area contributed by atoms with E-state index in [2.05, 4.69) is 16.8 Å². The minimum absolute atomic E-state index is 0.0406. The number of ether oxygens (including phenoxy) is 1. The minimum Gasteiger partial charge on any atom is -0.481 e. The molecule has 0 aliphatic carbocycles. The van der Waals surface area contributed by atoms with Crippen LogP contribution in [0, 0.1) is 13.8 Å². The Labute approximate surface area is 149 Å². The van der Waals surface area contributed by atoms with Gasteiger partial charge in [0.25, 0.3) is 5.91 Å². The summed E-state index contributed by atoms with van der Waals surface area (Å²) in [5.74, 6) is 1.75. The molecule has 1 saturated heterocycles. The Morgan fingerprint density at radius 3 is 2.48 bits per heavy atom. The summed E-state index contributed by atoms with van der Waals surface area (Å²) in [4.78, 5) is 21.1. The first-order valence-electron chi connectivity index (χ1n) is 8.73. The predicted molar refractivity (Wildman–Crippen MR) is 99.0 cm³/mol. The van der Waals surface area contributed by atoms with Gasteiger partial charge in [-0.15, -0.1) is 0 Å². The van der Waals surface area contributed by atoms with Crippen molar-refractivity contribution < 1.29 is 9.53 Å². The third-order valence-corrected chi connectivity index (χ3v) is 4.70. The van der Waals surface area contributed by atoms with E-state index in [-0.39, 0.29) is 5.91 Å². The molecule has 1 aliphatic heterocycles. The molecule has 1 aliphatic rings. The van der Waals surface area contributed by atoms with Crippen LogP contribution in [-0.4, -0.2) is 48.1 Å². The normalized spacial score (nSPS) is 15.8. The van der Waals surface area contributed by atoms with Crippen LogP contribution in [0.3, 0.4) is 0 Å². The quantitative estimate of drug-likeness (QED) is 0.859. The molecule has 1 unspecified atom stereocenters. The highest BCUT2D eigenvalue weighted by molar-refractivity contribution is 5.81. The van der Waals surface area contributed by atoms with Crippen molar-refractivity contribution in [2.75, 3.05) is 31.1 Å². The lowest BCUT2D eigenvalue weighted by molar-refractivity contribution is -0.138. The standard InChI is InChI=1S/C20H25N3O2/c1-15-7-8-18(14-16(15)2)25-17(3)20(24)23-12-10-22(11-13-23)19-6-4-5-9-21-19/h4-9,14,17H,10-13H2,1-3H3. The highest BCUT2D eigenvalue weighted by Crippen LogP contribution is 2.19. The van der Waals surface area contributed by atoms with E-state index >= 15 is 0 Å². The molecule has 25 heavy (non-hydrogen) atoms. The number of piperazine rings is 1. The van der Waals surface area contributed by atoms with E-state index < -0.39 is 6.10 Å². The second kappa shape index (κ2) is 7.55. The van der Waals surface area contributed by atoms with Crippen LogP contribution in [0.15, 0.2) is 42.6 Å². The maximum Gasteiger partial charge on any atom is 0.263 e. The van der Waals surface area contributed by atoms with E-state index in [1.54, 1.807) is 6.20 Å². The smallest absolute Gasteiger partial charge is 0.263 e. The summed E-state index contributed by atoms with van der Waals surface area (Å²) < 4.78 is 5.86. The molecule has 2 heterocycles. The number of aryl methyl sites for hydroxylation is 2. The molecule has 0 saturated carbocycles. The Hall–Kier alpha value is -2.56. The van der Waals surface area contributed by atoms with Crippen LogP contribution in [0.5, 0.6) is 5.75 Å². The number of rotatable bonds is 4. The topological polar surface area (TPSA) is 45.7 Å². The molecule has 0 bridgehead atoms. The monoisotopic (exact) mass is 339 g/mol. The van der Waals surface area contributed by atoms with Gasteiger partial charge < -0.3 is 14.5 Å². The van der Waals surface area contributed by atoms with Crippen LogP contribution in [-0.2, 0) is 4.79 Å². The maximum atomic E-state index is 12.7. The Morgan fingerprint density at radius 2 is 1.84 bits per heavy atom. The Bertz CT molecular complexity index is 725. The van der Waals surface area contributed by atoms with Crippen molar-refractivity contribution in [3.05, 3.63) is 53.7 Å². The van der Waals surface area contributed by atoms with E-state index in [1.807, 2.05) is 55.1 Å². The first kappa shape index (κ1) is 17.3. The zero-order valence-electron chi connectivity index (χ0n) is 15.1. The predicted octanol–water partition coefficient (Wildman–Crippen LogP) is 2.81. The van der Waals surface area contributed by atoms with Gasteiger partial charge in [0.05, 0.1) is 0 Å². The molecule has 5 nitrogen and oxygen atoms in total. The summed E-state index contributed by atoms with van der Waals surface area (Å²) in [5, 5.41) is 0. The van der Waals surface area contributed by atoms with Crippen LogP contribution in [0.4, 0.5) is 5.82 Å². The number of benzene rings is 1. The SMILES string of the molecule is Cc1ccc(OC(C)C(=O)N2CCN(c3ccccn3)CC2)cc1C. The third kappa shape index (κ3) is 4.10. The molecule has 1 fully saturated rings. The minimum atomic E-state index is -0.483. The summed E-state index contributed by atoms with van der Waals surface area (Å²) in [6.07, 6.45) is 1.32. The molecule has 1 aromatic heterocycles. The van der Waals surface area contributed by atoms with Crippen molar-refractivity contribution in [3.8, 4) is 5.75 Å². The number of anilines is 1. The number of aromatic nitrogens is 1. The van der Waals surface area contributed by atoms with Crippen LogP contribution in [0.2, 0.25) is 0 Å². The highest BCUT2D eigenvalue weighted by Gasteiger charge is 2.26. The van der Waals surface area contributed by atoms with Crippen molar-refractivity contribution in [2.45, 2.75) is 26.9 Å². The van der Waals surface area contributed by atoms with E-state index in [0.29, 0.717) is 13.1 Å². The van der Waals surface area contributed by atoms with Gasteiger partial charge in [0.2, 0.25) is 0 Å². The zero-order valence-corrected chi connectivity index (χ0v) is 15.1. The van der Waals surface area contributed by atoms with Crippen molar-refractivity contribution >= 4 is 11.7 Å². The average molecular weight is 339 g/mol. The maximum absolute atomic E-state index is 12.7. The number of hydrogen-bond acceptors (Lipinski definition) is 4. The lowest BCUT2D eigenvalue weighted by Gasteiger charge is -2.36. The fraction of sp³-hybridized carbons (Fsp3) is 0.400. The van der Waals surface area contributed by atoms with Crippen molar-refractivity contribution in [1.29, 1.82) is 0 Å². The van der Waals surface area contributed by atoms with Gasteiger partial charge in [-0.1, -0.05) is 12.1 Å². The molecule has 0 radical (unpaired) electrons. The molecule has 2 aromatic rings. The fourth-order valence-corrected chi connectivity index (χ4v) is 3.00. The summed E-state index contributed by atoms with van der Waals surface area (Å²) in [6.45, 7) is 8.90. The first-order valence-corrected chi connectivity index (χ1v) is 8.73. The van der Waals surface area contributed by atoms with Gasteiger partial charge in [-0.2, -0.15) is 0 Å². The largest absolute Gasteiger partial charge is 0.481 e. The van der Waals surface area contributed by atoms with Crippen LogP contribution >= 0.6 is 0 Å². The lowest BCUT2D eigenvalue weighted by atomic mass is 10.1. The van der Waals surface area contributed by atoms with E-state index in [1.165, 1.54) is 11.1 Å². The number of pyridine rings is 1. The zero-order chi connectivity index (χ0) is 17.8. The number of hydrogen-bond donors (Lipinski definition) is 0. The molecule has 1 amide bonds. The molecular formula is C20H25N3O2. The molecule has 5 heteroatoms.